The predicted molar refractivity (Wildman–Crippen MR) is 118 cm³/mol. The molecule has 0 amide bonds. The van der Waals surface area contributed by atoms with Gasteiger partial charge in [0.25, 0.3) is 0 Å². The number of rotatable bonds is 7. The molecule has 0 atom stereocenters. The van der Waals surface area contributed by atoms with E-state index in [9.17, 15) is 4.79 Å². The number of piperidine rings is 1. The number of nitrogens with zero attached hydrogens (tertiary/aromatic N) is 5. The van der Waals surface area contributed by atoms with Crippen LogP contribution in [0.25, 0.3) is 5.69 Å². The van der Waals surface area contributed by atoms with Crippen LogP contribution in [0.1, 0.15) is 38.4 Å². The topological polar surface area (TPSA) is 55.5 Å². The summed E-state index contributed by atoms with van der Waals surface area (Å²) in [5.41, 5.74) is 1.06. The fraction of sp³-hybridized carbons (Fsp3) is 0.591. The van der Waals surface area contributed by atoms with Crippen molar-refractivity contribution in [1.29, 1.82) is 0 Å². The smallest absolute Gasteiger partial charge is 0.309 e. The minimum absolute atomic E-state index is 0.0155. The second-order valence-electron chi connectivity index (χ2n) is 8.14. The summed E-state index contributed by atoms with van der Waals surface area (Å²) >= 11 is 5.85. The molecule has 0 saturated carbocycles. The van der Waals surface area contributed by atoms with Gasteiger partial charge in [0.05, 0.1) is 25.7 Å². The van der Waals surface area contributed by atoms with E-state index >= 15 is 0 Å². The molecule has 7 nitrogen and oxygen atoms in total. The largest absolute Gasteiger partial charge is 0.466 e. The first-order valence-corrected chi connectivity index (χ1v) is 11.4. The van der Waals surface area contributed by atoms with Crippen LogP contribution in [-0.2, 0) is 22.7 Å². The van der Waals surface area contributed by atoms with Gasteiger partial charge in [-0.25, -0.2) is 4.68 Å². The fourth-order valence-electron chi connectivity index (χ4n) is 4.38. The van der Waals surface area contributed by atoms with Gasteiger partial charge in [0.15, 0.2) is 5.82 Å². The van der Waals surface area contributed by atoms with Crippen molar-refractivity contribution in [2.45, 2.75) is 45.8 Å². The molecule has 0 radical (unpaired) electrons. The van der Waals surface area contributed by atoms with Crippen molar-refractivity contribution in [3.8, 4) is 5.69 Å². The van der Waals surface area contributed by atoms with Crippen LogP contribution in [0.2, 0.25) is 0 Å². The Labute approximate surface area is 183 Å². The van der Waals surface area contributed by atoms with Crippen molar-refractivity contribution in [2.75, 3.05) is 32.8 Å². The van der Waals surface area contributed by atoms with Gasteiger partial charge in [-0.3, -0.25) is 19.2 Å². The number of carbonyl (C=O) groups excluding carboxylic acids is 1. The second-order valence-corrected chi connectivity index (χ2v) is 8.50. The number of hydrogen-bond donors (Lipinski definition) is 0. The number of ether oxygens (including phenoxy) is 1. The van der Waals surface area contributed by atoms with Gasteiger partial charge >= 0.3 is 5.97 Å². The van der Waals surface area contributed by atoms with Crippen LogP contribution in [0.5, 0.6) is 0 Å². The van der Waals surface area contributed by atoms with E-state index in [1.165, 1.54) is 12.8 Å². The van der Waals surface area contributed by atoms with Gasteiger partial charge in [-0.1, -0.05) is 18.2 Å². The lowest BCUT2D eigenvalue weighted by Gasteiger charge is -2.30. The molecule has 2 fully saturated rings. The van der Waals surface area contributed by atoms with E-state index in [0.29, 0.717) is 13.3 Å². The van der Waals surface area contributed by atoms with Gasteiger partial charge in [-0.15, -0.1) is 0 Å². The number of aromatic nitrogens is 3. The minimum Gasteiger partial charge on any atom is -0.466 e. The molecule has 1 aromatic carbocycles. The Morgan fingerprint density at radius 2 is 1.80 bits per heavy atom. The third-order valence-corrected chi connectivity index (χ3v) is 6.42. The SMILES string of the molecule is CCOC(=O)C1CCN(Cn2nc(CN3CCCC3)n(-c3ccccc3)c2=S)CC1. The monoisotopic (exact) mass is 429 g/mol. The molecular formula is C22H31N5O2S. The zero-order valence-electron chi connectivity index (χ0n) is 17.7. The van der Waals surface area contributed by atoms with E-state index in [1.807, 2.05) is 29.8 Å². The van der Waals surface area contributed by atoms with Crippen LogP contribution in [0.15, 0.2) is 30.3 Å². The molecule has 2 aliphatic heterocycles. The third kappa shape index (κ3) is 4.82. The maximum Gasteiger partial charge on any atom is 0.309 e. The highest BCUT2D eigenvalue weighted by Gasteiger charge is 2.27. The summed E-state index contributed by atoms with van der Waals surface area (Å²) in [5.74, 6) is 0.950. The molecule has 0 unspecified atom stereocenters. The van der Waals surface area contributed by atoms with Crippen molar-refractivity contribution in [3.05, 3.63) is 40.9 Å². The van der Waals surface area contributed by atoms with Crippen LogP contribution in [0, 0.1) is 10.7 Å². The maximum atomic E-state index is 12.0. The van der Waals surface area contributed by atoms with Crippen LogP contribution < -0.4 is 0 Å². The zero-order chi connectivity index (χ0) is 20.9. The number of benzene rings is 1. The van der Waals surface area contributed by atoms with Crippen molar-refractivity contribution in [3.63, 3.8) is 0 Å². The van der Waals surface area contributed by atoms with Gasteiger partial charge in [0.1, 0.15) is 0 Å². The normalized spacial score (nSPS) is 18.7. The van der Waals surface area contributed by atoms with E-state index in [-0.39, 0.29) is 11.9 Å². The first kappa shape index (κ1) is 21.2. The molecule has 0 bridgehead atoms. The first-order chi connectivity index (χ1) is 14.7. The van der Waals surface area contributed by atoms with E-state index in [2.05, 4.69) is 26.5 Å². The first-order valence-electron chi connectivity index (χ1n) is 11.0. The predicted octanol–water partition coefficient (Wildman–Crippen LogP) is 3.23. The Hall–Kier alpha value is -2.03. The quantitative estimate of drug-likeness (QED) is 0.498. The summed E-state index contributed by atoms with van der Waals surface area (Å²) in [6.45, 7) is 7.72. The van der Waals surface area contributed by atoms with Crippen molar-refractivity contribution >= 4 is 18.2 Å². The van der Waals surface area contributed by atoms with Crippen LogP contribution >= 0.6 is 12.2 Å². The lowest BCUT2D eigenvalue weighted by atomic mass is 9.97. The van der Waals surface area contributed by atoms with Crippen molar-refractivity contribution < 1.29 is 9.53 Å². The molecule has 162 valence electrons. The average Bonchev–Trinajstić information content (AvgIpc) is 3.38. The molecular weight excluding hydrogens is 398 g/mol. The standard InChI is InChI=1S/C22H31N5O2S/c1-2-29-21(28)18-10-14-25(15-11-18)17-26-22(30)27(19-8-4-3-5-9-19)20(23-26)16-24-12-6-7-13-24/h3-5,8-9,18H,2,6-7,10-17H2,1H3. The summed E-state index contributed by atoms with van der Waals surface area (Å²) in [4.78, 5) is 16.8. The highest BCUT2D eigenvalue weighted by molar-refractivity contribution is 7.71. The van der Waals surface area contributed by atoms with E-state index in [1.54, 1.807) is 0 Å². The Balaban J connectivity index is 1.50. The Morgan fingerprint density at radius 1 is 1.10 bits per heavy atom. The van der Waals surface area contributed by atoms with E-state index < -0.39 is 0 Å². The van der Waals surface area contributed by atoms with Gasteiger partial charge in [-0.05, 0) is 70.0 Å². The van der Waals surface area contributed by atoms with Crippen LogP contribution in [0.4, 0.5) is 0 Å². The van der Waals surface area contributed by atoms with Crippen molar-refractivity contribution in [2.24, 2.45) is 5.92 Å². The Morgan fingerprint density at radius 3 is 2.47 bits per heavy atom. The van der Waals surface area contributed by atoms with Crippen LogP contribution in [0.3, 0.4) is 0 Å². The molecule has 30 heavy (non-hydrogen) atoms. The molecule has 3 heterocycles. The van der Waals surface area contributed by atoms with E-state index in [0.717, 1.165) is 61.8 Å². The fourth-order valence-corrected chi connectivity index (χ4v) is 4.69. The van der Waals surface area contributed by atoms with Crippen LogP contribution in [-0.4, -0.2) is 62.9 Å². The molecule has 4 rings (SSSR count). The Bertz CT molecular complexity index is 896. The van der Waals surface area contributed by atoms with Gasteiger partial charge in [0, 0.05) is 18.8 Å². The Kier molecular flexibility index (Phi) is 6.97. The molecule has 0 aliphatic carbocycles. The van der Waals surface area contributed by atoms with Gasteiger partial charge in [-0.2, -0.15) is 5.10 Å². The number of carbonyl (C=O) groups is 1. The van der Waals surface area contributed by atoms with Crippen molar-refractivity contribution in [1.82, 2.24) is 24.1 Å². The number of likely N-dealkylation sites (tertiary alicyclic amines) is 2. The van der Waals surface area contributed by atoms with Gasteiger partial charge < -0.3 is 4.74 Å². The molecule has 0 spiro atoms. The summed E-state index contributed by atoms with van der Waals surface area (Å²) in [6, 6.07) is 10.3. The molecule has 1 aromatic heterocycles. The average molecular weight is 430 g/mol. The highest BCUT2D eigenvalue weighted by atomic mass is 32.1. The summed E-state index contributed by atoms with van der Waals surface area (Å²) in [7, 11) is 0. The number of hydrogen-bond acceptors (Lipinski definition) is 6. The minimum atomic E-state index is -0.0602. The van der Waals surface area contributed by atoms with E-state index in [4.69, 9.17) is 22.1 Å². The molecule has 2 aromatic rings. The highest BCUT2D eigenvalue weighted by Crippen LogP contribution is 2.21. The maximum absolute atomic E-state index is 12.0. The van der Waals surface area contributed by atoms with Gasteiger partial charge in [0.2, 0.25) is 4.77 Å². The summed E-state index contributed by atoms with van der Waals surface area (Å²) < 4.78 is 9.96. The number of esters is 1. The molecule has 2 aliphatic rings. The lowest BCUT2D eigenvalue weighted by molar-refractivity contribution is -0.149. The second kappa shape index (κ2) is 9.85. The molecule has 0 N–H and O–H groups in total. The molecule has 2 saturated heterocycles. The summed E-state index contributed by atoms with van der Waals surface area (Å²) in [6.07, 6.45) is 4.16. The lowest BCUT2D eigenvalue weighted by Crippen LogP contribution is -2.38. The zero-order valence-corrected chi connectivity index (χ0v) is 18.5. The number of para-hydroxylation sites is 1. The summed E-state index contributed by atoms with van der Waals surface area (Å²) in [5, 5.41) is 4.93. The third-order valence-electron chi connectivity index (χ3n) is 6.03. The molecule has 8 heteroatoms.